The van der Waals surface area contributed by atoms with Crippen LogP contribution in [0.4, 0.5) is 0 Å². The van der Waals surface area contributed by atoms with Gasteiger partial charge in [0.25, 0.3) is 0 Å². The lowest BCUT2D eigenvalue weighted by Crippen LogP contribution is -2.40. The molecule has 6 heteroatoms. The Hall–Kier alpha value is -2.76. The van der Waals surface area contributed by atoms with Gasteiger partial charge < -0.3 is 19.7 Å². The van der Waals surface area contributed by atoms with Crippen LogP contribution in [0.1, 0.15) is 29.0 Å². The van der Waals surface area contributed by atoms with Crippen molar-refractivity contribution in [1.29, 1.82) is 0 Å². The first-order chi connectivity index (χ1) is 13.6. The van der Waals surface area contributed by atoms with Gasteiger partial charge in [0, 0.05) is 51.1 Å². The van der Waals surface area contributed by atoms with E-state index in [1.165, 1.54) is 16.7 Å². The number of aryl methyl sites for hydroxylation is 1. The fourth-order valence-electron chi connectivity index (χ4n) is 3.71. The Bertz CT molecular complexity index is 800. The van der Waals surface area contributed by atoms with Crippen LogP contribution < -0.4 is 14.8 Å². The van der Waals surface area contributed by atoms with Crippen molar-refractivity contribution in [3.63, 3.8) is 0 Å². The molecule has 0 aliphatic carbocycles. The van der Waals surface area contributed by atoms with Gasteiger partial charge >= 0.3 is 0 Å². The standard InChI is InChI=1S/C22H30N4O2/c1-16-14-24-8-5-17(16)6-9-25-22(23-2)26-10-7-18(15-26)19-11-20(27-3)13-21(12-19)28-4/h5,8,11-14,18H,6-7,9-10,15H2,1-4H3,(H,23,25). The van der Waals surface area contributed by atoms with Crippen LogP contribution in [-0.4, -0.2) is 56.7 Å². The van der Waals surface area contributed by atoms with Crippen molar-refractivity contribution in [2.75, 3.05) is 40.9 Å². The highest BCUT2D eigenvalue weighted by atomic mass is 16.5. The van der Waals surface area contributed by atoms with Crippen LogP contribution in [-0.2, 0) is 6.42 Å². The molecule has 0 radical (unpaired) electrons. The van der Waals surface area contributed by atoms with Crippen LogP contribution in [0.3, 0.4) is 0 Å². The van der Waals surface area contributed by atoms with Gasteiger partial charge in [0.05, 0.1) is 14.2 Å². The van der Waals surface area contributed by atoms with Crippen LogP contribution >= 0.6 is 0 Å². The summed E-state index contributed by atoms with van der Waals surface area (Å²) in [4.78, 5) is 11.0. The van der Waals surface area contributed by atoms with Gasteiger partial charge in [-0.1, -0.05) is 0 Å². The lowest BCUT2D eigenvalue weighted by Gasteiger charge is -2.22. The van der Waals surface area contributed by atoms with Gasteiger partial charge in [-0.05, 0) is 54.7 Å². The largest absolute Gasteiger partial charge is 0.497 e. The van der Waals surface area contributed by atoms with Crippen LogP contribution in [0.5, 0.6) is 11.5 Å². The van der Waals surface area contributed by atoms with Crippen LogP contribution in [0.25, 0.3) is 0 Å². The fourth-order valence-corrected chi connectivity index (χ4v) is 3.71. The molecular weight excluding hydrogens is 352 g/mol. The molecule has 6 nitrogen and oxygen atoms in total. The first-order valence-electron chi connectivity index (χ1n) is 9.72. The van der Waals surface area contributed by atoms with Crippen molar-refractivity contribution in [1.82, 2.24) is 15.2 Å². The van der Waals surface area contributed by atoms with Gasteiger partial charge in [-0.25, -0.2) is 0 Å². The summed E-state index contributed by atoms with van der Waals surface area (Å²) in [6, 6.07) is 8.22. The number of likely N-dealkylation sites (tertiary alicyclic amines) is 1. The van der Waals surface area contributed by atoms with Crippen molar-refractivity contribution in [3.8, 4) is 11.5 Å². The quantitative estimate of drug-likeness (QED) is 0.615. The minimum Gasteiger partial charge on any atom is -0.497 e. The predicted octanol–water partition coefficient (Wildman–Crippen LogP) is 3.01. The molecule has 1 aliphatic heterocycles. The zero-order valence-electron chi connectivity index (χ0n) is 17.2. The number of ether oxygens (including phenoxy) is 2. The van der Waals surface area contributed by atoms with Crippen molar-refractivity contribution in [2.24, 2.45) is 4.99 Å². The molecule has 1 unspecified atom stereocenters. The Labute approximate surface area is 167 Å². The van der Waals surface area contributed by atoms with Gasteiger partial charge in [0.15, 0.2) is 5.96 Å². The van der Waals surface area contributed by atoms with Crippen LogP contribution in [0.15, 0.2) is 41.7 Å². The normalized spacial score (nSPS) is 16.9. The number of aliphatic imine (C=N–C) groups is 1. The lowest BCUT2D eigenvalue weighted by atomic mass is 9.98. The molecule has 1 fully saturated rings. The van der Waals surface area contributed by atoms with Gasteiger partial charge in [-0.15, -0.1) is 0 Å². The molecule has 150 valence electrons. The third kappa shape index (κ3) is 4.74. The summed E-state index contributed by atoms with van der Waals surface area (Å²) in [5, 5.41) is 3.51. The Kier molecular flexibility index (Phi) is 6.74. The molecular formula is C22H30N4O2. The molecule has 1 aromatic heterocycles. The van der Waals surface area contributed by atoms with E-state index in [2.05, 4.69) is 45.3 Å². The third-order valence-electron chi connectivity index (χ3n) is 5.36. The van der Waals surface area contributed by atoms with E-state index in [1.54, 1.807) is 14.2 Å². The Morgan fingerprint density at radius 3 is 2.64 bits per heavy atom. The Morgan fingerprint density at radius 1 is 1.25 bits per heavy atom. The third-order valence-corrected chi connectivity index (χ3v) is 5.36. The minimum absolute atomic E-state index is 0.435. The summed E-state index contributed by atoms with van der Waals surface area (Å²) in [5.74, 6) is 3.07. The molecule has 2 heterocycles. The molecule has 1 atom stereocenters. The maximum Gasteiger partial charge on any atom is 0.193 e. The first kappa shape index (κ1) is 20.0. The van der Waals surface area contributed by atoms with Gasteiger partial charge in [0.2, 0.25) is 0 Å². The highest BCUT2D eigenvalue weighted by Gasteiger charge is 2.26. The summed E-state index contributed by atoms with van der Waals surface area (Å²) >= 11 is 0. The number of methoxy groups -OCH3 is 2. The van der Waals surface area contributed by atoms with E-state index < -0.39 is 0 Å². The maximum absolute atomic E-state index is 5.42. The number of nitrogens with one attached hydrogen (secondary N) is 1. The molecule has 0 spiro atoms. The minimum atomic E-state index is 0.435. The maximum atomic E-state index is 5.42. The van der Waals surface area contributed by atoms with E-state index in [0.717, 1.165) is 49.9 Å². The number of guanidine groups is 1. The molecule has 1 aromatic carbocycles. The van der Waals surface area contributed by atoms with Crippen molar-refractivity contribution in [3.05, 3.63) is 53.3 Å². The summed E-state index contributed by atoms with van der Waals surface area (Å²) in [5.41, 5.74) is 3.80. The second-order valence-corrected chi connectivity index (χ2v) is 7.10. The van der Waals surface area contributed by atoms with Crippen molar-refractivity contribution in [2.45, 2.75) is 25.7 Å². The van der Waals surface area contributed by atoms with Gasteiger partial charge in [-0.3, -0.25) is 9.98 Å². The predicted molar refractivity (Wildman–Crippen MR) is 113 cm³/mol. The van der Waals surface area contributed by atoms with Crippen molar-refractivity contribution >= 4 is 5.96 Å². The van der Waals surface area contributed by atoms with E-state index >= 15 is 0 Å². The van der Waals surface area contributed by atoms with E-state index in [-0.39, 0.29) is 0 Å². The monoisotopic (exact) mass is 382 g/mol. The molecule has 2 aromatic rings. The average Bonchev–Trinajstić information content (AvgIpc) is 3.22. The van der Waals surface area contributed by atoms with E-state index in [9.17, 15) is 0 Å². The summed E-state index contributed by atoms with van der Waals surface area (Å²) in [6.07, 6.45) is 5.81. The number of rotatable bonds is 6. The van der Waals surface area contributed by atoms with Crippen LogP contribution in [0, 0.1) is 6.92 Å². The molecule has 0 amide bonds. The molecule has 0 bridgehead atoms. The number of aromatic nitrogens is 1. The average molecular weight is 383 g/mol. The Balaban J connectivity index is 1.59. The second-order valence-electron chi connectivity index (χ2n) is 7.10. The number of pyridine rings is 1. The van der Waals surface area contributed by atoms with E-state index in [1.807, 2.05) is 25.5 Å². The first-order valence-corrected chi connectivity index (χ1v) is 9.72. The number of hydrogen-bond acceptors (Lipinski definition) is 4. The Morgan fingerprint density at radius 2 is 2.00 bits per heavy atom. The number of benzene rings is 1. The molecule has 28 heavy (non-hydrogen) atoms. The number of nitrogens with zero attached hydrogens (tertiary/aromatic N) is 3. The summed E-state index contributed by atoms with van der Waals surface area (Å²) in [7, 11) is 5.23. The zero-order valence-corrected chi connectivity index (χ0v) is 17.2. The SMILES string of the molecule is CN=C(NCCc1ccncc1C)N1CCC(c2cc(OC)cc(OC)c2)C1. The number of hydrogen-bond donors (Lipinski definition) is 1. The molecule has 0 saturated carbocycles. The molecule has 1 N–H and O–H groups in total. The van der Waals surface area contributed by atoms with E-state index in [4.69, 9.17) is 9.47 Å². The molecule has 1 saturated heterocycles. The van der Waals surface area contributed by atoms with Crippen LogP contribution in [0.2, 0.25) is 0 Å². The zero-order chi connectivity index (χ0) is 19.9. The highest BCUT2D eigenvalue weighted by molar-refractivity contribution is 5.80. The molecule has 1 aliphatic rings. The second kappa shape index (κ2) is 9.44. The summed E-state index contributed by atoms with van der Waals surface area (Å²) < 4.78 is 10.8. The summed E-state index contributed by atoms with van der Waals surface area (Å²) in [6.45, 7) is 4.87. The lowest BCUT2D eigenvalue weighted by molar-refractivity contribution is 0.392. The van der Waals surface area contributed by atoms with E-state index in [0.29, 0.717) is 5.92 Å². The molecule has 3 rings (SSSR count). The van der Waals surface area contributed by atoms with Gasteiger partial charge in [0.1, 0.15) is 11.5 Å². The van der Waals surface area contributed by atoms with Crippen molar-refractivity contribution < 1.29 is 9.47 Å². The van der Waals surface area contributed by atoms with Gasteiger partial charge in [-0.2, -0.15) is 0 Å². The topological polar surface area (TPSA) is 59.0 Å². The highest BCUT2D eigenvalue weighted by Crippen LogP contribution is 2.32. The smallest absolute Gasteiger partial charge is 0.193 e. The fraction of sp³-hybridized carbons (Fsp3) is 0.455.